The first-order valence-corrected chi connectivity index (χ1v) is 6.61. The van der Waals surface area contributed by atoms with Gasteiger partial charge >= 0.3 is 6.18 Å². The van der Waals surface area contributed by atoms with Crippen molar-refractivity contribution in [3.8, 4) is 5.88 Å². The van der Waals surface area contributed by atoms with Crippen molar-refractivity contribution < 1.29 is 22.7 Å². The third-order valence-electron chi connectivity index (χ3n) is 2.85. The molecular formula is C15H14F3N3O2. The van der Waals surface area contributed by atoms with Crippen molar-refractivity contribution in [1.82, 2.24) is 4.98 Å². The minimum Gasteiger partial charge on any atom is -0.468 e. The summed E-state index contributed by atoms with van der Waals surface area (Å²) < 4.78 is 40.7. The molecule has 0 spiro atoms. The van der Waals surface area contributed by atoms with Gasteiger partial charge in [-0.1, -0.05) is 30.3 Å². The molecule has 0 saturated heterocycles. The molecule has 2 rings (SSSR count). The summed E-state index contributed by atoms with van der Waals surface area (Å²) in [6.07, 6.45) is -3.16. The predicted molar refractivity (Wildman–Crippen MR) is 77.8 cm³/mol. The van der Waals surface area contributed by atoms with Crippen LogP contribution in [0.3, 0.4) is 0 Å². The lowest BCUT2D eigenvalue weighted by atomic mass is 10.1. The second-order valence-corrected chi connectivity index (χ2v) is 4.68. The summed E-state index contributed by atoms with van der Waals surface area (Å²) in [4.78, 5) is 15.3. The van der Waals surface area contributed by atoms with Crippen LogP contribution in [-0.2, 0) is 4.79 Å². The number of nitrogens with zero attached hydrogens (tertiary/aromatic N) is 1. The Labute approximate surface area is 130 Å². The number of halogens is 3. The number of carbonyl (C=O) groups excluding carboxylic acids is 1. The molecule has 0 radical (unpaired) electrons. The number of hydrogen-bond donors (Lipinski definition) is 2. The molecule has 122 valence electrons. The van der Waals surface area contributed by atoms with E-state index in [2.05, 4.69) is 15.0 Å². The lowest BCUT2D eigenvalue weighted by Crippen LogP contribution is -2.27. The first-order chi connectivity index (χ1) is 10.8. The van der Waals surface area contributed by atoms with Crippen LogP contribution < -0.4 is 15.8 Å². The highest BCUT2D eigenvalue weighted by Gasteiger charge is 2.28. The number of carbonyl (C=O) groups is 1. The molecule has 2 aromatic rings. The summed E-state index contributed by atoms with van der Waals surface area (Å²) in [6.45, 7) is -1.42. The zero-order valence-corrected chi connectivity index (χ0v) is 11.9. The average Bonchev–Trinajstić information content (AvgIpc) is 2.51. The molecule has 8 heteroatoms. The number of pyridine rings is 1. The van der Waals surface area contributed by atoms with Crippen LogP contribution in [0.4, 0.5) is 18.9 Å². The van der Waals surface area contributed by atoms with Crippen molar-refractivity contribution in [3.05, 3.63) is 54.2 Å². The molecule has 1 aromatic heterocycles. The van der Waals surface area contributed by atoms with Crippen molar-refractivity contribution in [2.45, 2.75) is 12.2 Å². The zero-order chi connectivity index (χ0) is 16.9. The Hall–Kier alpha value is -2.77. The van der Waals surface area contributed by atoms with Gasteiger partial charge < -0.3 is 15.8 Å². The van der Waals surface area contributed by atoms with Gasteiger partial charge in [0, 0.05) is 6.07 Å². The van der Waals surface area contributed by atoms with E-state index in [0.29, 0.717) is 11.3 Å². The topological polar surface area (TPSA) is 77.2 Å². The van der Waals surface area contributed by atoms with Gasteiger partial charge in [-0.15, -0.1) is 0 Å². The number of benzene rings is 1. The first kappa shape index (κ1) is 16.6. The van der Waals surface area contributed by atoms with Crippen LogP contribution in [0.25, 0.3) is 0 Å². The Morgan fingerprint density at radius 1 is 1.22 bits per heavy atom. The number of primary amides is 1. The molecule has 1 atom stereocenters. The van der Waals surface area contributed by atoms with Crippen molar-refractivity contribution >= 4 is 11.6 Å². The molecule has 3 N–H and O–H groups in total. The molecule has 0 aliphatic rings. The van der Waals surface area contributed by atoms with Crippen LogP contribution in [0.1, 0.15) is 11.6 Å². The second-order valence-electron chi connectivity index (χ2n) is 4.68. The van der Waals surface area contributed by atoms with E-state index in [1.54, 1.807) is 30.3 Å². The largest absolute Gasteiger partial charge is 0.468 e. The summed E-state index contributed by atoms with van der Waals surface area (Å²) in [5.74, 6) is -0.753. The molecule has 0 aliphatic carbocycles. The smallest absolute Gasteiger partial charge is 0.422 e. The normalized spacial score (nSPS) is 12.5. The van der Waals surface area contributed by atoms with Crippen LogP contribution in [0, 0.1) is 0 Å². The summed E-state index contributed by atoms with van der Waals surface area (Å²) in [5.41, 5.74) is 6.46. The molecule has 1 heterocycles. The van der Waals surface area contributed by atoms with Crippen molar-refractivity contribution in [3.63, 3.8) is 0 Å². The maximum absolute atomic E-state index is 12.1. The Morgan fingerprint density at radius 3 is 2.43 bits per heavy atom. The van der Waals surface area contributed by atoms with Gasteiger partial charge in [-0.3, -0.25) is 4.79 Å². The summed E-state index contributed by atoms with van der Waals surface area (Å²) in [7, 11) is 0. The predicted octanol–water partition coefficient (Wildman–Crippen LogP) is 2.66. The van der Waals surface area contributed by atoms with Gasteiger partial charge in [-0.2, -0.15) is 13.2 Å². The molecule has 23 heavy (non-hydrogen) atoms. The van der Waals surface area contributed by atoms with Gasteiger partial charge in [-0.25, -0.2) is 4.98 Å². The molecule has 0 aliphatic heterocycles. The zero-order valence-electron chi connectivity index (χ0n) is 11.9. The lowest BCUT2D eigenvalue weighted by Gasteiger charge is -2.17. The third-order valence-corrected chi connectivity index (χ3v) is 2.85. The average molecular weight is 325 g/mol. The molecule has 0 fully saturated rings. The van der Waals surface area contributed by atoms with Gasteiger partial charge in [0.05, 0.1) is 11.9 Å². The number of ether oxygens (including phenoxy) is 1. The molecule has 1 aromatic carbocycles. The van der Waals surface area contributed by atoms with Crippen molar-refractivity contribution in [2.24, 2.45) is 5.73 Å². The highest BCUT2D eigenvalue weighted by molar-refractivity contribution is 5.84. The monoisotopic (exact) mass is 325 g/mol. The van der Waals surface area contributed by atoms with E-state index in [-0.39, 0.29) is 5.88 Å². The third kappa shape index (κ3) is 5.17. The van der Waals surface area contributed by atoms with Crippen LogP contribution in [0.5, 0.6) is 5.88 Å². The molecule has 0 bridgehead atoms. The van der Waals surface area contributed by atoms with E-state index in [1.165, 1.54) is 18.3 Å². The minimum absolute atomic E-state index is 0.164. The maximum atomic E-state index is 12.1. The van der Waals surface area contributed by atoms with Gasteiger partial charge in [0.2, 0.25) is 11.8 Å². The van der Waals surface area contributed by atoms with Crippen molar-refractivity contribution in [2.75, 3.05) is 11.9 Å². The van der Waals surface area contributed by atoms with Crippen molar-refractivity contribution in [1.29, 1.82) is 0 Å². The molecule has 1 amide bonds. The van der Waals surface area contributed by atoms with E-state index in [9.17, 15) is 18.0 Å². The van der Waals surface area contributed by atoms with Gasteiger partial charge in [-0.05, 0) is 11.6 Å². The highest BCUT2D eigenvalue weighted by Crippen LogP contribution is 2.21. The molecule has 0 unspecified atom stereocenters. The van der Waals surface area contributed by atoms with E-state index in [1.807, 2.05) is 0 Å². The summed E-state index contributed by atoms with van der Waals surface area (Å²) in [6, 6.07) is 10.7. The van der Waals surface area contributed by atoms with Gasteiger partial charge in [0.25, 0.3) is 0 Å². The fraction of sp³-hybridized carbons (Fsp3) is 0.200. The lowest BCUT2D eigenvalue weighted by molar-refractivity contribution is -0.154. The highest BCUT2D eigenvalue weighted by atomic mass is 19.4. The fourth-order valence-corrected chi connectivity index (χ4v) is 1.84. The number of amides is 1. The molecule has 5 nitrogen and oxygen atoms in total. The number of alkyl halides is 3. The SMILES string of the molecule is NC(=O)[C@@H](Nc1ccc(OCC(F)(F)F)nc1)c1ccccc1. The number of nitrogens with two attached hydrogens (primary N) is 1. The number of aromatic nitrogens is 1. The number of anilines is 1. The standard InChI is InChI=1S/C15H14F3N3O2/c16-15(17,18)9-23-12-7-6-11(8-20-12)21-13(14(19)22)10-4-2-1-3-5-10/h1-8,13,21H,9H2,(H2,19,22)/t13-/m0/s1. The fourth-order valence-electron chi connectivity index (χ4n) is 1.84. The summed E-state index contributed by atoms with van der Waals surface area (Å²) >= 11 is 0. The number of hydrogen-bond acceptors (Lipinski definition) is 4. The van der Waals surface area contributed by atoms with Gasteiger partial charge in [0.1, 0.15) is 6.04 Å². The number of nitrogens with one attached hydrogen (secondary N) is 1. The van der Waals surface area contributed by atoms with Gasteiger partial charge in [0.15, 0.2) is 6.61 Å². The Kier molecular flexibility index (Phi) is 5.05. The van der Waals surface area contributed by atoms with Crippen LogP contribution in [0.15, 0.2) is 48.7 Å². The van der Waals surface area contributed by atoms with Crippen LogP contribution in [-0.4, -0.2) is 23.7 Å². The molecule has 0 saturated carbocycles. The quantitative estimate of drug-likeness (QED) is 0.856. The Bertz CT molecular complexity index is 645. The molecular weight excluding hydrogens is 311 g/mol. The van der Waals surface area contributed by atoms with E-state index in [4.69, 9.17) is 5.73 Å². The van der Waals surface area contributed by atoms with Crippen LogP contribution in [0.2, 0.25) is 0 Å². The first-order valence-electron chi connectivity index (χ1n) is 6.61. The Morgan fingerprint density at radius 2 is 1.91 bits per heavy atom. The second kappa shape index (κ2) is 6.99. The summed E-state index contributed by atoms with van der Waals surface area (Å²) in [5, 5.41) is 2.88. The maximum Gasteiger partial charge on any atom is 0.422 e. The van der Waals surface area contributed by atoms with E-state index < -0.39 is 24.7 Å². The Balaban J connectivity index is 2.05. The minimum atomic E-state index is -4.43. The number of rotatable bonds is 6. The van der Waals surface area contributed by atoms with Crippen LogP contribution >= 0.6 is 0 Å². The van der Waals surface area contributed by atoms with E-state index in [0.717, 1.165) is 0 Å². The van der Waals surface area contributed by atoms with E-state index >= 15 is 0 Å².